The number of hydrogen-bond acceptors (Lipinski definition) is 3. The third-order valence-corrected chi connectivity index (χ3v) is 4.17. The molecule has 0 saturated heterocycles. The number of anilines is 1. The topological polar surface area (TPSA) is 51.2 Å². The van der Waals surface area contributed by atoms with Crippen LogP contribution >= 0.6 is 15.9 Å². The zero-order valence-electron chi connectivity index (χ0n) is 11.8. The number of benzene rings is 2. The Morgan fingerprint density at radius 3 is 2.76 bits per heavy atom. The van der Waals surface area contributed by atoms with Gasteiger partial charge in [-0.25, -0.2) is 0 Å². The highest BCUT2D eigenvalue weighted by molar-refractivity contribution is 9.10. The van der Waals surface area contributed by atoms with Crippen LogP contribution in [-0.4, -0.2) is 6.54 Å². The molecule has 0 saturated carbocycles. The molecule has 3 N–H and O–H groups in total. The lowest BCUT2D eigenvalue weighted by molar-refractivity contribution is 0.514. The monoisotopic (exact) mass is 344 g/mol. The van der Waals surface area contributed by atoms with E-state index < -0.39 is 0 Å². The molecule has 1 aromatic heterocycles. The number of hydrogen-bond donors (Lipinski definition) is 2. The van der Waals surface area contributed by atoms with Gasteiger partial charge in [-0.05, 0) is 52.7 Å². The van der Waals surface area contributed by atoms with Crippen molar-refractivity contribution in [3.63, 3.8) is 0 Å². The Morgan fingerprint density at radius 2 is 2.00 bits per heavy atom. The van der Waals surface area contributed by atoms with E-state index in [1.165, 1.54) is 5.56 Å². The van der Waals surface area contributed by atoms with E-state index in [9.17, 15) is 0 Å². The first kappa shape index (κ1) is 14.2. The van der Waals surface area contributed by atoms with E-state index in [0.29, 0.717) is 6.54 Å². The third-order valence-electron chi connectivity index (χ3n) is 3.48. The van der Waals surface area contributed by atoms with Crippen molar-refractivity contribution in [2.24, 2.45) is 5.73 Å². The number of furan rings is 1. The van der Waals surface area contributed by atoms with Crippen molar-refractivity contribution in [3.05, 3.63) is 64.3 Å². The van der Waals surface area contributed by atoms with Gasteiger partial charge < -0.3 is 15.5 Å². The number of rotatable bonds is 4. The fourth-order valence-electron chi connectivity index (χ4n) is 2.36. The minimum Gasteiger partial charge on any atom is -0.459 e. The summed E-state index contributed by atoms with van der Waals surface area (Å²) in [5.74, 6) is 0.854. The predicted octanol–water partition coefficient (Wildman–Crippen LogP) is 4.62. The SMILES string of the molecule is Cc1ccc(Br)c(NC(CN)c2cc3ccccc3o2)c1. The Bertz CT molecular complexity index is 733. The van der Waals surface area contributed by atoms with Crippen molar-refractivity contribution < 1.29 is 4.42 Å². The quantitative estimate of drug-likeness (QED) is 0.726. The Balaban J connectivity index is 1.92. The molecule has 3 nitrogen and oxygen atoms in total. The van der Waals surface area contributed by atoms with Gasteiger partial charge in [0.2, 0.25) is 0 Å². The minimum atomic E-state index is -0.0597. The summed E-state index contributed by atoms with van der Waals surface area (Å²) in [6, 6.07) is 16.2. The first-order valence-electron chi connectivity index (χ1n) is 6.88. The molecule has 0 aliphatic carbocycles. The van der Waals surface area contributed by atoms with Crippen LogP contribution in [0.4, 0.5) is 5.69 Å². The maximum Gasteiger partial charge on any atom is 0.134 e. The molecule has 3 aromatic rings. The summed E-state index contributed by atoms with van der Waals surface area (Å²) in [5, 5.41) is 4.54. The second kappa shape index (κ2) is 5.92. The van der Waals surface area contributed by atoms with E-state index in [0.717, 1.165) is 26.9 Å². The molecule has 0 aliphatic rings. The molecule has 1 atom stereocenters. The molecule has 1 unspecified atom stereocenters. The second-order valence-corrected chi connectivity index (χ2v) is 5.96. The summed E-state index contributed by atoms with van der Waals surface area (Å²) in [6.07, 6.45) is 0. The lowest BCUT2D eigenvalue weighted by atomic mass is 10.1. The molecule has 0 fully saturated rings. The Kier molecular flexibility index (Phi) is 3.99. The summed E-state index contributed by atoms with van der Waals surface area (Å²) in [4.78, 5) is 0. The standard InChI is InChI=1S/C17H17BrN2O/c1-11-6-7-13(18)14(8-11)20-15(10-19)17-9-12-4-2-3-5-16(12)21-17/h2-9,15,20H,10,19H2,1H3. The van der Waals surface area contributed by atoms with Crippen molar-refractivity contribution >= 4 is 32.6 Å². The highest BCUT2D eigenvalue weighted by atomic mass is 79.9. The molecular formula is C17H17BrN2O. The predicted molar refractivity (Wildman–Crippen MR) is 90.5 cm³/mol. The average molecular weight is 345 g/mol. The van der Waals surface area contributed by atoms with Gasteiger partial charge in [0.15, 0.2) is 0 Å². The Hall–Kier alpha value is -1.78. The molecular weight excluding hydrogens is 328 g/mol. The van der Waals surface area contributed by atoms with Crippen LogP contribution in [0.3, 0.4) is 0 Å². The van der Waals surface area contributed by atoms with E-state index >= 15 is 0 Å². The fraction of sp³-hybridized carbons (Fsp3) is 0.176. The number of para-hydroxylation sites is 1. The zero-order valence-corrected chi connectivity index (χ0v) is 13.4. The van der Waals surface area contributed by atoms with Gasteiger partial charge in [0.05, 0.1) is 6.04 Å². The first-order valence-corrected chi connectivity index (χ1v) is 7.68. The molecule has 0 aliphatic heterocycles. The molecule has 1 heterocycles. The lowest BCUT2D eigenvalue weighted by Gasteiger charge is -2.17. The zero-order chi connectivity index (χ0) is 14.8. The number of fused-ring (bicyclic) bond motifs is 1. The van der Waals surface area contributed by atoms with Crippen molar-refractivity contribution in [1.29, 1.82) is 0 Å². The molecule has 21 heavy (non-hydrogen) atoms. The van der Waals surface area contributed by atoms with Crippen molar-refractivity contribution in [2.45, 2.75) is 13.0 Å². The molecule has 0 radical (unpaired) electrons. The van der Waals surface area contributed by atoms with Crippen LogP contribution in [0.5, 0.6) is 0 Å². The highest BCUT2D eigenvalue weighted by Gasteiger charge is 2.16. The normalized spacial score (nSPS) is 12.5. The van der Waals surface area contributed by atoms with Gasteiger partial charge in [0.25, 0.3) is 0 Å². The Labute approximate surface area is 132 Å². The van der Waals surface area contributed by atoms with E-state index in [-0.39, 0.29) is 6.04 Å². The van der Waals surface area contributed by atoms with Gasteiger partial charge in [0, 0.05) is 22.1 Å². The number of nitrogens with one attached hydrogen (secondary N) is 1. The molecule has 0 bridgehead atoms. The van der Waals surface area contributed by atoms with E-state index in [1.54, 1.807) is 0 Å². The van der Waals surface area contributed by atoms with Gasteiger partial charge in [-0.1, -0.05) is 24.3 Å². The van der Waals surface area contributed by atoms with Crippen LogP contribution in [0, 0.1) is 6.92 Å². The molecule has 0 spiro atoms. The summed E-state index contributed by atoms with van der Waals surface area (Å²) in [7, 11) is 0. The van der Waals surface area contributed by atoms with Gasteiger partial charge >= 0.3 is 0 Å². The number of aryl methyl sites for hydroxylation is 1. The van der Waals surface area contributed by atoms with E-state index in [2.05, 4.69) is 40.3 Å². The van der Waals surface area contributed by atoms with Crippen LogP contribution in [0.25, 0.3) is 11.0 Å². The van der Waals surface area contributed by atoms with Crippen LogP contribution in [0.1, 0.15) is 17.4 Å². The second-order valence-electron chi connectivity index (χ2n) is 5.10. The van der Waals surface area contributed by atoms with Gasteiger partial charge in [-0.2, -0.15) is 0 Å². The van der Waals surface area contributed by atoms with Gasteiger partial charge in [-0.15, -0.1) is 0 Å². The summed E-state index contributed by atoms with van der Waals surface area (Å²) < 4.78 is 6.92. The average Bonchev–Trinajstić information content (AvgIpc) is 2.91. The summed E-state index contributed by atoms with van der Waals surface area (Å²) in [5.41, 5.74) is 9.02. The maximum absolute atomic E-state index is 5.92. The third kappa shape index (κ3) is 2.96. The summed E-state index contributed by atoms with van der Waals surface area (Å²) in [6.45, 7) is 2.52. The molecule has 3 rings (SSSR count). The summed E-state index contributed by atoms with van der Waals surface area (Å²) >= 11 is 3.56. The maximum atomic E-state index is 5.92. The van der Waals surface area contributed by atoms with Crippen LogP contribution in [-0.2, 0) is 0 Å². The van der Waals surface area contributed by atoms with E-state index in [1.807, 2.05) is 36.4 Å². The van der Waals surface area contributed by atoms with Crippen molar-refractivity contribution in [3.8, 4) is 0 Å². The van der Waals surface area contributed by atoms with Gasteiger partial charge in [0.1, 0.15) is 11.3 Å². The highest BCUT2D eigenvalue weighted by Crippen LogP contribution is 2.29. The largest absolute Gasteiger partial charge is 0.459 e. The van der Waals surface area contributed by atoms with Crippen LogP contribution in [0.15, 0.2) is 57.4 Å². The first-order chi connectivity index (χ1) is 10.2. The smallest absolute Gasteiger partial charge is 0.134 e. The molecule has 108 valence electrons. The molecule has 2 aromatic carbocycles. The van der Waals surface area contributed by atoms with Crippen molar-refractivity contribution in [2.75, 3.05) is 11.9 Å². The van der Waals surface area contributed by atoms with Crippen LogP contribution in [0.2, 0.25) is 0 Å². The molecule has 0 amide bonds. The fourth-order valence-corrected chi connectivity index (χ4v) is 2.72. The van der Waals surface area contributed by atoms with E-state index in [4.69, 9.17) is 10.2 Å². The molecule has 4 heteroatoms. The number of halogens is 1. The van der Waals surface area contributed by atoms with Gasteiger partial charge in [-0.3, -0.25) is 0 Å². The van der Waals surface area contributed by atoms with Crippen molar-refractivity contribution in [1.82, 2.24) is 0 Å². The number of nitrogens with two attached hydrogens (primary N) is 1. The lowest BCUT2D eigenvalue weighted by Crippen LogP contribution is -2.20. The Morgan fingerprint density at radius 1 is 1.19 bits per heavy atom. The van der Waals surface area contributed by atoms with Crippen LogP contribution < -0.4 is 11.1 Å². The minimum absolute atomic E-state index is 0.0597.